The summed E-state index contributed by atoms with van der Waals surface area (Å²) in [5, 5.41) is 0. The lowest BCUT2D eigenvalue weighted by Gasteiger charge is -2.28. The number of nitrogens with two attached hydrogens (primary N) is 1. The van der Waals surface area contributed by atoms with Gasteiger partial charge in [-0.2, -0.15) is 0 Å². The van der Waals surface area contributed by atoms with Crippen LogP contribution in [0.3, 0.4) is 0 Å². The third-order valence-corrected chi connectivity index (χ3v) is 6.37. The first-order valence-electron chi connectivity index (χ1n) is 10.6. The van der Waals surface area contributed by atoms with E-state index in [0.29, 0.717) is 5.70 Å². The molecule has 1 fully saturated rings. The van der Waals surface area contributed by atoms with Gasteiger partial charge in [0.05, 0.1) is 0 Å². The Balaban J connectivity index is 2.05. The van der Waals surface area contributed by atoms with Gasteiger partial charge < -0.3 is 5.73 Å². The van der Waals surface area contributed by atoms with Crippen LogP contribution in [0.5, 0.6) is 0 Å². The number of hydrogen-bond donors (Lipinski definition) is 1. The van der Waals surface area contributed by atoms with Gasteiger partial charge in [0.1, 0.15) is 0 Å². The first-order chi connectivity index (χ1) is 12.4. The second-order valence-corrected chi connectivity index (χ2v) is 8.54. The van der Waals surface area contributed by atoms with Crippen LogP contribution < -0.4 is 5.73 Å². The van der Waals surface area contributed by atoms with Crippen LogP contribution in [-0.2, 0) is 0 Å². The van der Waals surface area contributed by atoms with Crippen LogP contribution in [0.2, 0.25) is 0 Å². The molecule has 0 aromatic rings. The lowest BCUT2D eigenvalue weighted by atomic mass is 9.77. The van der Waals surface area contributed by atoms with E-state index in [0.717, 1.165) is 18.3 Å². The van der Waals surface area contributed by atoms with Gasteiger partial charge in [0.25, 0.3) is 0 Å². The van der Waals surface area contributed by atoms with Crippen LogP contribution in [-0.4, -0.2) is 0 Å². The standard InChI is InChI=1S/C25H39N/c1-6-22(23-12-8-19(3)9-13-23)11-10-20(4)18-25(7-2,24-14-15-24)17-16-21(5)26/h8,12,16-18,22,24H,5-7,9-11,13-15,26H2,1-4H3/b17-16+,20-18+. The molecule has 1 heteroatoms. The van der Waals surface area contributed by atoms with E-state index in [4.69, 9.17) is 5.73 Å². The fraction of sp³-hybridized carbons (Fsp3) is 0.600. The van der Waals surface area contributed by atoms with E-state index in [1.54, 1.807) is 5.57 Å². The Labute approximate surface area is 161 Å². The number of allylic oxidation sites excluding steroid dienone is 8. The molecule has 0 radical (unpaired) electrons. The topological polar surface area (TPSA) is 26.0 Å². The van der Waals surface area contributed by atoms with E-state index < -0.39 is 0 Å². The van der Waals surface area contributed by atoms with Gasteiger partial charge in [-0.1, -0.05) is 61.4 Å². The maximum absolute atomic E-state index is 5.80. The van der Waals surface area contributed by atoms with Crippen molar-refractivity contribution < 1.29 is 0 Å². The average molecular weight is 354 g/mol. The Morgan fingerprint density at radius 3 is 2.54 bits per heavy atom. The molecular weight excluding hydrogens is 314 g/mol. The van der Waals surface area contributed by atoms with Crippen molar-refractivity contribution in [3.63, 3.8) is 0 Å². The zero-order valence-electron chi connectivity index (χ0n) is 17.5. The van der Waals surface area contributed by atoms with Crippen molar-refractivity contribution >= 4 is 0 Å². The lowest BCUT2D eigenvalue weighted by molar-refractivity contribution is 0.403. The monoisotopic (exact) mass is 353 g/mol. The van der Waals surface area contributed by atoms with Crippen LogP contribution in [0.25, 0.3) is 0 Å². The molecule has 0 amide bonds. The summed E-state index contributed by atoms with van der Waals surface area (Å²) >= 11 is 0. The van der Waals surface area contributed by atoms with E-state index in [9.17, 15) is 0 Å². The molecule has 26 heavy (non-hydrogen) atoms. The normalized spacial score (nSPS) is 21.9. The van der Waals surface area contributed by atoms with Crippen molar-refractivity contribution in [2.24, 2.45) is 23.0 Å². The second-order valence-electron chi connectivity index (χ2n) is 8.54. The first kappa shape index (κ1) is 20.8. The average Bonchev–Trinajstić information content (AvgIpc) is 3.46. The van der Waals surface area contributed by atoms with Gasteiger partial charge in [-0.05, 0) is 83.1 Å². The van der Waals surface area contributed by atoms with Crippen molar-refractivity contribution in [3.8, 4) is 0 Å². The van der Waals surface area contributed by atoms with Crippen LogP contribution >= 0.6 is 0 Å². The molecule has 144 valence electrons. The molecule has 2 unspecified atom stereocenters. The third-order valence-electron chi connectivity index (χ3n) is 6.37. The van der Waals surface area contributed by atoms with Crippen LogP contribution in [0, 0.1) is 17.3 Å². The first-order valence-corrected chi connectivity index (χ1v) is 10.6. The second kappa shape index (κ2) is 9.44. The maximum Gasteiger partial charge on any atom is 0.0238 e. The van der Waals surface area contributed by atoms with Gasteiger partial charge in [-0.3, -0.25) is 0 Å². The molecule has 2 rings (SSSR count). The van der Waals surface area contributed by atoms with Gasteiger partial charge in [-0.15, -0.1) is 0 Å². The van der Waals surface area contributed by atoms with Crippen LogP contribution in [0.1, 0.15) is 79.1 Å². The molecular formula is C25H39N. The summed E-state index contributed by atoms with van der Waals surface area (Å²) in [7, 11) is 0. The Morgan fingerprint density at radius 1 is 1.31 bits per heavy atom. The van der Waals surface area contributed by atoms with E-state index >= 15 is 0 Å². The predicted molar refractivity (Wildman–Crippen MR) is 116 cm³/mol. The molecule has 2 atom stereocenters. The summed E-state index contributed by atoms with van der Waals surface area (Å²) in [5.74, 6) is 1.52. The highest BCUT2D eigenvalue weighted by atomic mass is 14.5. The summed E-state index contributed by atoms with van der Waals surface area (Å²) in [6.45, 7) is 13.1. The fourth-order valence-electron chi connectivity index (χ4n) is 4.38. The van der Waals surface area contributed by atoms with Gasteiger partial charge in [-0.25, -0.2) is 0 Å². The highest BCUT2D eigenvalue weighted by Crippen LogP contribution is 2.50. The highest BCUT2D eigenvalue weighted by molar-refractivity contribution is 5.26. The summed E-state index contributed by atoms with van der Waals surface area (Å²) in [4.78, 5) is 0. The molecule has 0 bridgehead atoms. The number of hydrogen-bond acceptors (Lipinski definition) is 1. The summed E-state index contributed by atoms with van der Waals surface area (Å²) in [6, 6.07) is 0. The molecule has 0 aromatic heterocycles. The summed E-state index contributed by atoms with van der Waals surface area (Å²) < 4.78 is 0. The van der Waals surface area contributed by atoms with E-state index in [1.165, 1.54) is 56.1 Å². The van der Waals surface area contributed by atoms with Crippen LogP contribution in [0.4, 0.5) is 0 Å². The Kier molecular flexibility index (Phi) is 7.55. The summed E-state index contributed by atoms with van der Waals surface area (Å²) in [5.41, 5.74) is 11.4. The Morgan fingerprint density at radius 2 is 2.04 bits per heavy atom. The van der Waals surface area contributed by atoms with Gasteiger partial charge in [0, 0.05) is 11.1 Å². The fourth-order valence-corrected chi connectivity index (χ4v) is 4.38. The van der Waals surface area contributed by atoms with Crippen molar-refractivity contribution in [3.05, 3.63) is 59.4 Å². The van der Waals surface area contributed by atoms with Gasteiger partial charge in [0.2, 0.25) is 0 Å². The lowest BCUT2D eigenvalue weighted by Crippen LogP contribution is -2.18. The van der Waals surface area contributed by atoms with Crippen molar-refractivity contribution in [2.75, 3.05) is 0 Å². The molecule has 1 saturated carbocycles. The molecule has 2 aliphatic carbocycles. The SMILES string of the molecule is C=C(N)/C=C/C(/C=C(\C)CCC(CC)C1=CC=C(C)CC1)(CC)C1CC1. The highest BCUT2D eigenvalue weighted by Gasteiger charge is 2.40. The molecule has 0 aliphatic heterocycles. The quantitative estimate of drug-likeness (QED) is 0.325. The summed E-state index contributed by atoms with van der Waals surface area (Å²) in [6.07, 6.45) is 21.7. The van der Waals surface area contributed by atoms with Gasteiger partial charge >= 0.3 is 0 Å². The van der Waals surface area contributed by atoms with E-state index in [1.807, 2.05) is 6.08 Å². The predicted octanol–water partition coefficient (Wildman–Crippen LogP) is 7.24. The minimum atomic E-state index is 0.179. The van der Waals surface area contributed by atoms with Crippen LogP contribution in [0.15, 0.2) is 59.4 Å². The van der Waals surface area contributed by atoms with Crippen molar-refractivity contribution in [1.29, 1.82) is 0 Å². The molecule has 0 heterocycles. The van der Waals surface area contributed by atoms with E-state index in [-0.39, 0.29) is 5.41 Å². The molecule has 0 aromatic carbocycles. The minimum absolute atomic E-state index is 0.179. The largest absolute Gasteiger partial charge is 0.399 e. The van der Waals surface area contributed by atoms with E-state index in [2.05, 4.69) is 58.6 Å². The molecule has 0 saturated heterocycles. The minimum Gasteiger partial charge on any atom is -0.399 e. The van der Waals surface area contributed by atoms with Crippen molar-refractivity contribution in [2.45, 2.75) is 79.1 Å². The Hall–Kier alpha value is -1.50. The van der Waals surface area contributed by atoms with Crippen molar-refractivity contribution in [1.82, 2.24) is 0 Å². The molecule has 0 spiro atoms. The smallest absolute Gasteiger partial charge is 0.0238 e. The molecule has 2 N–H and O–H groups in total. The zero-order valence-corrected chi connectivity index (χ0v) is 17.5. The molecule has 1 nitrogen and oxygen atoms in total. The Bertz CT molecular complexity index is 612. The van der Waals surface area contributed by atoms with Gasteiger partial charge in [0.15, 0.2) is 0 Å². The zero-order chi connectivity index (χ0) is 19.2. The maximum atomic E-state index is 5.80. The molecule has 2 aliphatic rings. The number of rotatable bonds is 10. The third kappa shape index (κ3) is 5.76.